The molecule has 0 unspecified atom stereocenters. The summed E-state index contributed by atoms with van der Waals surface area (Å²) >= 11 is 0. The third-order valence-electron chi connectivity index (χ3n) is 2.42. The molecule has 62 valence electrons. The van der Waals surface area contributed by atoms with Crippen molar-refractivity contribution in [2.24, 2.45) is 9.89 Å². The van der Waals surface area contributed by atoms with Crippen LogP contribution in [0.4, 0.5) is 5.69 Å². The van der Waals surface area contributed by atoms with Crippen molar-refractivity contribution in [3.05, 3.63) is 36.4 Å². The van der Waals surface area contributed by atoms with Gasteiger partial charge in [-0.25, -0.2) is 4.78 Å². The Morgan fingerprint density at radius 2 is 1.92 bits per heavy atom. The standard InChI is InChI=1S/C10H8N2Si/c1-2-4-8-7(3-1)5-6-9-10(8)13-12-11-9/h1-6H,13H2. The molecular formula is C10H8N2Si. The van der Waals surface area contributed by atoms with E-state index in [2.05, 4.69) is 46.3 Å². The van der Waals surface area contributed by atoms with Crippen molar-refractivity contribution in [1.82, 2.24) is 0 Å². The maximum Gasteiger partial charge on any atom is 0.212 e. The first-order valence-electron chi connectivity index (χ1n) is 4.33. The van der Waals surface area contributed by atoms with E-state index in [-0.39, 0.29) is 0 Å². The van der Waals surface area contributed by atoms with Gasteiger partial charge in [-0.1, -0.05) is 30.3 Å². The third-order valence-corrected chi connectivity index (χ3v) is 3.77. The zero-order valence-electron chi connectivity index (χ0n) is 7.07. The van der Waals surface area contributed by atoms with Crippen LogP contribution in [-0.2, 0) is 0 Å². The Hall–Kier alpha value is -1.48. The molecule has 3 rings (SSSR count). The molecule has 13 heavy (non-hydrogen) atoms. The van der Waals surface area contributed by atoms with Crippen molar-refractivity contribution in [2.45, 2.75) is 0 Å². The molecule has 0 amide bonds. The summed E-state index contributed by atoms with van der Waals surface area (Å²) in [7, 11) is -0.472. The lowest BCUT2D eigenvalue weighted by atomic mass is 10.1. The van der Waals surface area contributed by atoms with E-state index < -0.39 is 9.68 Å². The van der Waals surface area contributed by atoms with Gasteiger partial charge in [0.1, 0.15) is 0 Å². The molecular weight excluding hydrogens is 176 g/mol. The maximum absolute atomic E-state index is 4.17. The average Bonchev–Trinajstić information content (AvgIpc) is 2.65. The van der Waals surface area contributed by atoms with Crippen LogP contribution in [0.3, 0.4) is 0 Å². The highest BCUT2D eigenvalue weighted by molar-refractivity contribution is 6.58. The van der Waals surface area contributed by atoms with Gasteiger partial charge < -0.3 is 0 Å². The second-order valence-electron chi connectivity index (χ2n) is 3.18. The van der Waals surface area contributed by atoms with Gasteiger partial charge in [0.25, 0.3) is 0 Å². The first-order valence-corrected chi connectivity index (χ1v) is 5.67. The largest absolute Gasteiger partial charge is 0.235 e. The minimum Gasteiger partial charge on any atom is -0.235 e. The smallest absolute Gasteiger partial charge is 0.212 e. The van der Waals surface area contributed by atoms with Crippen molar-refractivity contribution in [2.75, 3.05) is 0 Å². The Balaban J connectivity index is 2.46. The Bertz CT molecular complexity index is 505. The van der Waals surface area contributed by atoms with Crippen LogP contribution in [0.5, 0.6) is 0 Å². The molecule has 0 aliphatic carbocycles. The topological polar surface area (TPSA) is 24.7 Å². The summed E-state index contributed by atoms with van der Waals surface area (Å²) in [5.41, 5.74) is 1.09. The van der Waals surface area contributed by atoms with E-state index >= 15 is 0 Å². The van der Waals surface area contributed by atoms with Crippen LogP contribution in [-0.4, -0.2) is 9.68 Å². The van der Waals surface area contributed by atoms with Crippen molar-refractivity contribution in [1.29, 1.82) is 0 Å². The fourth-order valence-corrected chi connectivity index (χ4v) is 2.97. The van der Waals surface area contributed by atoms with Crippen LogP contribution in [0.1, 0.15) is 0 Å². The molecule has 3 heteroatoms. The normalized spacial score (nSPS) is 15.4. The minimum absolute atomic E-state index is 0.472. The SMILES string of the molecule is c1ccc2c3c(ccc2c1)N=N[SiH2]3. The molecule has 0 radical (unpaired) electrons. The van der Waals surface area contributed by atoms with Gasteiger partial charge in [0.2, 0.25) is 9.68 Å². The van der Waals surface area contributed by atoms with E-state index in [1.54, 1.807) is 0 Å². The Labute approximate surface area is 78.2 Å². The monoisotopic (exact) mass is 184 g/mol. The number of rotatable bonds is 0. The van der Waals surface area contributed by atoms with Gasteiger partial charge in [-0.3, -0.25) is 0 Å². The van der Waals surface area contributed by atoms with Crippen molar-refractivity contribution in [3.8, 4) is 0 Å². The molecule has 0 N–H and O–H groups in total. The van der Waals surface area contributed by atoms with Crippen molar-refractivity contribution < 1.29 is 0 Å². The second-order valence-corrected chi connectivity index (χ2v) is 4.49. The molecule has 0 atom stereocenters. The number of fused-ring (bicyclic) bond motifs is 3. The van der Waals surface area contributed by atoms with E-state index in [1.165, 1.54) is 16.0 Å². The fraction of sp³-hybridized carbons (Fsp3) is 0. The van der Waals surface area contributed by atoms with Crippen molar-refractivity contribution >= 4 is 31.3 Å². The van der Waals surface area contributed by atoms with Crippen LogP contribution in [0.15, 0.2) is 46.3 Å². The molecule has 0 saturated heterocycles. The highest BCUT2D eigenvalue weighted by Crippen LogP contribution is 2.21. The first kappa shape index (κ1) is 6.97. The summed E-state index contributed by atoms with van der Waals surface area (Å²) in [6.45, 7) is 0. The molecule has 0 saturated carbocycles. The molecule has 2 aromatic rings. The molecule has 0 aromatic heterocycles. The summed E-state index contributed by atoms with van der Waals surface area (Å²) in [5, 5.41) is 8.19. The summed E-state index contributed by atoms with van der Waals surface area (Å²) < 4.78 is 4.17. The van der Waals surface area contributed by atoms with E-state index in [0.29, 0.717) is 0 Å². The molecule has 1 aliphatic rings. The molecule has 1 aliphatic heterocycles. The van der Waals surface area contributed by atoms with Gasteiger partial charge >= 0.3 is 0 Å². The Morgan fingerprint density at radius 3 is 2.92 bits per heavy atom. The van der Waals surface area contributed by atoms with E-state index in [4.69, 9.17) is 0 Å². The van der Waals surface area contributed by atoms with Gasteiger partial charge in [-0.15, -0.1) is 0 Å². The van der Waals surface area contributed by atoms with E-state index in [1.807, 2.05) is 0 Å². The second kappa shape index (κ2) is 2.50. The molecule has 1 heterocycles. The predicted molar refractivity (Wildman–Crippen MR) is 56.6 cm³/mol. The van der Waals surface area contributed by atoms with Crippen LogP contribution in [0, 0.1) is 0 Å². The van der Waals surface area contributed by atoms with Gasteiger partial charge in [0.05, 0.1) is 5.69 Å². The summed E-state index contributed by atoms with van der Waals surface area (Å²) in [6, 6.07) is 12.6. The van der Waals surface area contributed by atoms with E-state index in [0.717, 1.165) is 5.69 Å². The summed E-state index contributed by atoms with van der Waals surface area (Å²) in [6.07, 6.45) is 0. The van der Waals surface area contributed by atoms with Crippen LogP contribution in [0.2, 0.25) is 0 Å². The molecule has 0 bridgehead atoms. The number of benzene rings is 2. The first-order chi connectivity index (χ1) is 6.45. The highest BCUT2D eigenvalue weighted by Gasteiger charge is 2.11. The van der Waals surface area contributed by atoms with Gasteiger partial charge in [0.15, 0.2) is 0 Å². The molecule has 2 nitrogen and oxygen atoms in total. The number of hydrogen-bond donors (Lipinski definition) is 0. The van der Waals surface area contributed by atoms with Crippen molar-refractivity contribution in [3.63, 3.8) is 0 Å². The van der Waals surface area contributed by atoms with Crippen LogP contribution in [0.25, 0.3) is 10.8 Å². The molecule has 2 aromatic carbocycles. The lowest BCUT2D eigenvalue weighted by Crippen LogP contribution is -2.09. The number of nitrogens with zero attached hydrogens (tertiary/aromatic N) is 2. The zero-order chi connectivity index (χ0) is 8.67. The lowest BCUT2D eigenvalue weighted by Gasteiger charge is -2.01. The zero-order valence-corrected chi connectivity index (χ0v) is 8.48. The molecule has 0 spiro atoms. The highest BCUT2D eigenvalue weighted by atomic mass is 28.2. The minimum atomic E-state index is -0.472. The predicted octanol–water partition coefficient (Wildman–Crippen LogP) is 1.65. The quantitative estimate of drug-likeness (QED) is 0.556. The number of hydrogen-bond acceptors (Lipinski definition) is 2. The fourth-order valence-electron chi connectivity index (χ4n) is 1.77. The Kier molecular flexibility index (Phi) is 1.34. The van der Waals surface area contributed by atoms with Gasteiger partial charge in [-0.2, -0.15) is 5.11 Å². The van der Waals surface area contributed by atoms with Gasteiger partial charge in [-0.05, 0) is 22.0 Å². The van der Waals surface area contributed by atoms with Gasteiger partial charge in [0, 0.05) is 0 Å². The Morgan fingerprint density at radius 1 is 1.00 bits per heavy atom. The summed E-state index contributed by atoms with van der Waals surface area (Å²) in [5.74, 6) is 0. The third kappa shape index (κ3) is 0.938. The summed E-state index contributed by atoms with van der Waals surface area (Å²) in [4.78, 5) is 0. The van der Waals surface area contributed by atoms with Crippen LogP contribution >= 0.6 is 0 Å². The average molecular weight is 184 g/mol. The van der Waals surface area contributed by atoms with Crippen LogP contribution < -0.4 is 5.19 Å². The van der Waals surface area contributed by atoms with E-state index in [9.17, 15) is 0 Å². The lowest BCUT2D eigenvalue weighted by molar-refractivity contribution is 1.37. The molecule has 0 fully saturated rings. The maximum atomic E-state index is 4.17.